The Morgan fingerprint density at radius 2 is 1.79 bits per heavy atom. The van der Waals surface area contributed by atoms with Gasteiger partial charge in [-0.2, -0.15) is 0 Å². The number of nitrogens with two attached hydrogens (primary N) is 1. The second kappa shape index (κ2) is 12.5. The van der Waals surface area contributed by atoms with Crippen LogP contribution in [0, 0.1) is 0 Å². The molecule has 0 aliphatic heterocycles. The van der Waals surface area contributed by atoms with Crippen LogP contribution in [0.5, 0.6) is 0 Å². The lowest BCUT2D eigenvalue weighted by Gasteiger charge is -2.19. The lowest BCUT2D eigenvalue weighted by molar-refractivity contribution is -0.118. The minimum Gasteiger partial charge on any atom is -0.397 e. The van der Waals surface area contributed by atoms with Crippen LogP contribution in [0.4, 0.5) is 17.1 Å². The Morgan fingerprint density at radius 3 is 2.53 bits per heavy atom. The Morgan fingerprint density at radius 1 is 0.971 bits per heavy atom. The fourth-order valence-corrected chi connectivity index (χ4v) is 3.66. The van der Waals surface area contributed by atoms with Crippen LogP contribution >= 0.6 is 15.9 Å². The van der Waals surface area contributed by atoms with Crippen molar-refractivity contribution in [3.05, 3.63) is 83.1 Å². The average Bonchev–Trinajstić information content (AvgIpc) is 2.83. The van der Waals surface area contributed by atoms with Gasteiger partial charge in [0.1, 0.15) is 6.04 Å². The van der Waals surface area contributed by atoms with Crippen LogP contribution in [-0.4, -0.2) is 28.7 Å². The van der Waals surface area contributed by atoms with E-state index in [4.69, 9.17) is 5.73 Å². The highest BCUT2D eigenvalue weighted by molar-refractivity contribution is 9.10. The van der Waals surface area contributed by atoms with E-state index in [9.17, 15) is 14.4 Å². The first-order valence-corrected chi connectivity index (χ1v) is 11.6. The molecule has 0 aliphatic carbocycles. The van der Waals surface area contributed by atoms with Crippen LogP contribution in [0.3, 0.4) is 0 Å². The fraction of sp³-hybridized carbons (Fsp3) is 0.200. The summed E-state index contributed by atoms with van der Waals surface area (Å²) in [6, 6.07) is 16.8. The number of nitrogens with one attached hydrogen (secondary N) is 3. The van der Waals surface area contributed by atoms with E-state index < -0.39 is 6.04 Å². The number of pyridine rings is 1. The highest BCUT2D eigenvalue weighted by Crippen LogP contribution is 2.18. The number of para-hydroxylation sites is 2. The number of carbonyl (C=O) groups excluding carboxylic acids is 3. The van der Waals surface area contributed by atoms with Gasteiger partial charge in [-0.25, -0.2) is 0 Å². The van der Waals surface area contributed by atoms with Crippen LogP contribution in [0.15, 0.2) is 77.5 Å². The molecule has 0 aliphatic rings. The third-order valence-electron chi connectivity index (χ3n) is 5.02. The minimum absolute atomic E-state index is 0.160. The number of nitrogen functional groups attached to an aromatic ring is 1. The number of aromatic nitrogens is 1. The molecule has 0 saturated carbocycles. The van der Waals surface area contributed by atoms with Crippen molar-refractivity contribution in [1.29, 1.82) is 0 Å². The van der Waals surface area contributed by atoms with Gasteiger partial charge in [0.25, 0.3) is 5.91 Å². The van der Waals surface area contributed by atoms with Crippen LogP contribution < -0.4 is 21.7 Å². The number of rotatable bonds is 10. The van der Waals surface area contributed by atoms with E-state index in [-0.39, 0.29) is 24.1 Å². The molecule has 1 aromatic heterocycles. The Labute approximate surface area is 206 Å². The van der Waals surface area contributed by atoms with Gasteiger partial charge in [-0.3, -0.25) is 19.4 Å². The van der Waals surface area contributed by atoms with Crippen molar-refractivity contribution in [3.8, 4) is 0 Å². The number of hydrogen-bond acceptors (Lipinski definition) is 5. The molecule has 0 fully saturated rings. The second-order valence-electron chi connectivity index (χ2n) is 7.65. The monoisotopic (exact) mass is 523 g/mol. The molecule has 9 heteroatoms. The summed E-state index contributed by atoms with van der Waals surface area (Å²) in [7, 11) is 0. The number of halogens is 1. The maximum absolute atomic E-state index is 12.9. The molecule has 176 valence electrons. The van der Waals surface area contributed by atoms with Crippen LogP contribution in [0.2, 0.25) is 0 Å². The van der Waals surface area contributed by atoms with Gasteiger partial charge in [-0.15, -0.1) is 0 Å². The lowest BCUT2D eigenvalue weighted by Crippen LogP contribution is -2.43. The quantitative estimate of drug-likeness (QED) is 0.232. The molecular formula is C25H26BrN5O3. The second-order valence-corrected chi connectivity index (χ2v) is 8.56. The molecule has 34 heavy (non-hydrogen) atoms. The van der Waals surface area contributed by atoms with E-state index in [0.717, 1.165) is 4.47 Å². The van der Waals surface area contributed by atoms with Gasteiger partial charge in [0.2, 0.25) is 11.8 Å². The summed E-state index contributed by atoms with van der Waals surface area (Å²) in [6.07, 6.45) is 4.75. The van der Waals surface area contributed by atoms with Crippen LogP contribution in [0.1, 0.15) is 36.0 Å². The average molecular weight is 524 g/mol. The summed E-state index contributed by atoms with van der Waals surface area (Å²) >= 11 is 3.38. The highest BCUT2D eigenvalue weighted by Gasteiger charge is 2.22. The Balaban J connectivity index is 1.57. The van der Waals surface area contributed by atoms with Crippen molar-refractivity contribution in [2.45, 2.75) is 31.7 Å². The van der Waals surface area contributed by atoms with Crippen molar-refractivity contribution in [2.75, 3.05) is 16.4 Å². The van der Waals surface area contributed by atoms with E-state index >= 15 is 0 Å². The number of nitrogens with zero attached hydrogens (tertiary/aromatic N) is 1. The maximum atomic E-state index is 12.9. The number of amides is 3. The molecule has 0 saturated heterocycles. The smallest absolute Gasteiger partial charge is 0.253 e. The largest absolute Gasteiger partial charge is 0.397 e. The molecule has 2 aromatic carbocycles. The van der Waals surface area contributed by atoms with Gasteiger partial charge >= 0.3 is 0 Å². The number of hydrogen-bond donors (Lipinski definition) is 4. The maximum Gasteiger partial charge on any atom is 0.253 e. The summed E-state index contributed by atoms with van der Waals surface area (Å²) in [4.78, 5) is 41.8. The van der Waals surface area contributed by atoms with Crippen molar-refractivity contribution < 1.29 is 14.4 Å². The number of benzene rings is 2. The normalized spacial score (nSPS) is 11.3. The lowest BCUT2D eigenvalue weighted by atomic mass is 10.1. The molecule has 3 rings (SSSR count). The summed E-state index contributed by atoms with van der Waals surface area (Å²) in [5.41, 5.74) is 7.90. The van der Waals surface area contributed by atoms with Crippen LogP contribution in [-0.2, 0) is 9.59 Å². The molecule has 3 amide bonds. The molecule has 8 nitrogen and oxygen atoms in total. The SMILES string of the molecule is Nc1ccccc1NC(=O)CCCCC(NC(=O)c1cccnc1)C(=O)Nc1cccc(Br)c1. The van der Waals surface area contributed by atoms with Crippen molar-refractivity contribution in [2.24, 2.45) is 0 Å². The summed E-state index contributed by atoms with van der Waals surface area (Å²) in [6.45, 7) is 0. The van der Waals surface area contributed by atoms with Crippen molar-refractivity contribution >= 4 is 50.7 Å². The topological polar surface area (TPSA) is 126 Å². The zero-order valence-electron chi connectivity index (χ0n) is 18.5. The Bertz CT molecular complexity index is 1140. The van der Waals surface area contributed by atoms with E-state index in [2.05, 4.69) is 36.9 Å². The number of anilines is 3. The van der Waals surface area contributed by atoms with E-state index in [1.807, 2.05) is 6.07 Å². The first-order chi connectivity index (χ1) is 16.4. The summed E-state index contributed by atoms with van der Waals surface area (Å²) in [5, 5.41) is 8.41. The fourth-order valence-electron chi connectivity index (χ4n) is 3.26. The summed E-state index contributed by atoms with van der Waals surface area (Å²) < 4.78 is 0.825. The standard InChI is InChI=1S/C25H26BrN5O3/c26-18-8-5-9-19(15-18)29-25(34)22(31-24(33)17-7-6-14-28-16-17)12-3-4-13-23(32)30-21-11-2-1-10-20(21)27/h1-2,5-11,14-16,22H,3-4,12-13,27H2,(H,29,34)(H,30,32)(H,31,33). The summed E-state index contributed by atoms with van der Waals surface area (Å²) in [5.74, 6) is -0.885. The third kappa shape index (κ3) is 7.70. The first kappa shape index (κ1) is 24.9. The number of unbranched alkanes of at least 4 members (excludes halogenated alkanes) is 1. The molecule has 3 aromatic rings. The van der Waals surface area contributed by atoms with E-state index in [1.165, 1.54) is 6.20 Å². The van der Waals surface area contributed by atoms with Gasteiger partial charge in [-0.1, -0.05) is 40.5 Å². The predicted molar refractivity (Wildman–Crippen MR) is 136 cm³/mol. The van der Waals surface area contributed by atoms with E-state index in [0.29, 0.717) is 41.9 Å². The molecule has 1 heterocycles. The van der Waals surface area contributed by atoms with Gasteiger partial charge in [0, 0.05) is 29.0 Å². The van der Waals surface area contributed by atoms with Gasteiger partial charge in [0.05, 0.1) is 16.9 Å². The van der Waals surface area contributed by atoms with Gasteiger partial charge in [-0.05, 0) is 55.3 Å². The molecule has 1 unspecified atom stereocenters. The minimum atomic E-state index is -0.778. The molecular weight excluding hydrogens is 498 g/mol. The molecule has 1 atom stereocenters. The molecule has 0 bridgehead atoms. The molecule has 5 N–H and O–H groups in total. The Hall–Kier alpha value is -3.72. The first-order valence-electron chi connectivity index (χ1n) is 10.8. The van der Waals surface area contributed by atoms with Gasteiger partial charge < -0.3 is 21.7 Å². The zero-order valence-corrected chi connectivity index (χ0v) is 20.0. The molecule has 0 radical (unpaired) electrons. The highest BCUT2D eigenvalue weighted by atomic mass is 79.9. The Kier molecular flexibility index (Phi) is 9.16. The number of carbonyl (C=O) groups is 3. The predicted octanol–water partition coefficient (Wildman–Crippen LogP) is 4.36. The van der Waals surface area contributed by atoms with E-state index in [1.54, 1.807) is 60.8 Å². The zero-order chi connectivity index (χ0) is 24.3. The third-order valence-corrected chi connectivity index (χ3v) is 5.51. The van der Waals surface area contributed by atoms with Crippen molar-refractivity contribution in [1.82, 2.24) is 10.3 Å². The van der Waals surface area contributed by atoms with Crippen molar-refractivity contribution in [3.63, 3.8) is 0 Å². The van der Waals surface area contributed by atoms with Gasteiger partial charge in [0.15, 0.2) is 0 Å². The van der Waals surface area contributed by atoms with Crippen LogP contribution in [0.25, 0.3) is 0 Å². The molecule has 0 spiro atoms.